The molecule has 0 aliphatic rings. The smallest absolute Gasteiger partial charge is 0.341 e. The Balaban J connectivity index is 2.15. The maximum absolute atomic E-state index is 12.8. The van der Waals surface area contributed by atoms with Crippen molar-refractivity contribution in [2.75, 3.05) is 32.1 Å². The second-order valence-electron chi connectivity index (χ2n) is 6.35. The first-order chi connectivity index (χ1) is 13.9. The summed E-state index contributed by atoms with van der Waals surface area (Å²) in [7, 11) is 1.32. The van der Waals surface area contributed by atoms with Crippen LogP contribution in [0.3, 0.4) is 0 Å². The monoisotopic (exact) mass is 433 g/mol. The predicted molar refractivity (Wildman–Crippen MR) is 122 cm³/mol. The lowest BCUT2D eigenvalue weighted by Crippen LogP contribution is -2.30. The Hall–Kier alpha value is -2.45. The first kappa shape index (κ1) is 22.8. The van der Waals surface area contributed by atoms with Gasteiger partial charge >= 0.3 is 5.97 Å². The number of rotatable bonds is 8. The Morgan fingerprint density at radius 2 is 1.83 bits per heavy atom. The summed E-state index contributed by atoms with van der Waals surface area (Å²) in [6.07, 6.45) is 0.821. The number of thiophene rings is 1. The number of methoxy groups -OCH3 is 1. The molecule has 2 N–H and O–H groups in total. The quantitative estimate of drug-likeness (QED) is 0.487. The highest BCUT2D eigenvalue weighted by Crippen LogP contribution is 2.34. The topological polar surface area (TPSA) is 70.7 Å². The van der Waals surface area contributed by atoms with Crippen LogP contribution in [0.2, 0.25) is 0 Å². The van der Waals surface area contributed by atoms with Crippen molar-refractivity contribution in [3.8, 4) is 0 Å². The minimum absolute atomic E-state index is 0.0985. The molecule has 0 aliphatic heterocycles. The zero-order chi connectivity index (χ0) is 21.4. The van der Waals surface area contributed by atoms with Gasteiger partial charge in [-0.2, -0.15) is 0 Å². The van der Waals surface area contributed by atoms with E-state index in [9.17, 15) is 9.59 Å². The molecule has 1 aromatic carbocycles. The summed E-state index contributed by atoms with van der Waals surface area (Å²) in [5.41, 5.74) is 2.16. The van der Waals surface area contributed by atoms with Gasteiger partial charge < -0.3 is 20.3 Å². The van der Waals surface area contributed by atoms with E-state index in [1.54, 1.807) is 11.8 Å². The number of carbonyl (C=O) groups is 2. The lowest BCUT2D eigenvalue weighted by atomic mass is 10.1. The fourth-order valence-electron chi connectivity index (χ4n) is 2.92. The largest absolute Gasteiger partial charge is 0.465 e. The van der Waals surface area contributed by atoms with Crippen molar-refractivity contribution in [1.82, 2.24) is 10.2 Å². The van der Waals surface area contributed by atoms with Gasteiger partial charge in [0.15, 0.2) is 5.11 Å². The van der Waals surface area contributed by atoms with Gasteiger partial charge in [-0.15, -0.1) is 11.3 Å². The summed E-state index contributed by atoms with van der Waals surface area (Å²) in [4.78, 5) is 27.4. The van der Waals surface area contributed by atoms with Gasteiger partial charge in [-0.05, 0) is 50.5 Å². The SMILES string of the molecule is CCN(CC)C(=O)c1sc(NC(=S)NCCc2ccccc2)c(C(=O)OC)c1C. The van der Waals surface area contributed by atoms with Gasteiger partial charge in [-0.25, -0.2) is 4.79 Å². The van der Waals surface area contributed by atoms with Crippen LogP contribution in [-0.4, -0.2) is 48.6 Å². The molecule has 29 heavy (non-hydrogen) atoms. The van der Waals surface area contributed by atoms with E-state index in [2.05, 4.69) is 22.8 Å². The van der Waals surface area contributed by atoms with Gasteiger partial charge in [-0.1, -0.05) is 30.3 Å². The molecule has 0 aliphatic carbocycles. The third-order valence-electron chi connectivity index (χ3n) is 4.55. The van der Waals surface area contributed by atoms with Crippen LogP contribution in [-0.2, 0) is 11.2 Å². The van der Waals surface area contributed by atoms with Crippen molar-refractivity contribution in [2.45, 2.75) is 27.2 Å². The predicted octanol–water partition coefficient (Wildman–Crippen LogP) is 3.85. The number of esters is 1. The van der Waals surface area contributed by atoms with E-state index in [0.29, 0.717) is 45.8 Å². The van der Waals surface area contributed by atoms with Crippen LogP contribution in [0.25, 0.3) is 0 Å². The first-order valence-electron chi connectivity index (χ1n) is 9.52. The van der Waals surface area contributed by atoms with E-state index >= 15 is 0 Å². The van der Waals surface area contributed by atoms with Crippen LogP contribution >= 0.6 is 23.6 Å². The Morgan fingerprint density at radius 3 is 2.41 bits per heavy atom. The number of thiocarbonyl (C=S) groups is 1. The molecule has 0 atom stereocenters. The normalized spacial score (nSPS) is 10.3. The van der Waals surface area contributed by atoms with Gasteiger partial charge in [-0.3, -0.25) is 4.79 Å². The molecule has 0 saturated carbocycles. The second kappa shape index (κ2) is 10.9. The average Bonchev–Trinajstić information content (AvgIpc) is 3.04. The average molecular weight is 434 g/mol. The highest BCUT2D eigenvalue weighted by molar-refractivity contribution is 7.80. The first-order valence-corrected chi connectivity index (χ1v) is 10.7. The van der Waals surface area contributed by atoms with Gasteiger partial charge in [0.2, 0.25) is 0 Å². The van der Waals surface area contributed by atoms with Gasteiger partial charge in [0.1, 0.15) is 5.00 Å². The van der Waals surface area contributed by atoms with E-state index in [4.69, 9.17) is 17.0 Å². The number of ether oxygens (including phenoxy) is 1. The summed E-state index contributed by atoms with van der Waals surface area (Å²) in [6.45, 7) is 7.47. The Bertz CT molecular complexity index is 862. The minimum Gasteiger partial charge on any atom is -0.465 e. The maximum atomic E-state index is 12.8. The fraction of sp³-hybridized carbons (Fsp3) is 0.381. The van der Waals surface area contributed by atoms with Crippen LogP contribution in [0.15, 0.2) is 30.3 Å². The van der Waals surface area contributed by atoms with Crippen molar-refractivity contribution >= 4 is 45.5 Å². The molecule has 0 saturated heterocycles. The van der Waals surface area contributed by atoms with Gasteiger partial charge in [0, 0.05) is 19.6 Å². The number of nitrogens with one attached hydrogen (secondary N) is 2. The highest BCUT2D eigenvalue weighted by Gasteiger charge is 2.27. The van der Waals surface area contributed by atoms with Crippen LogP contribution in [0.5, 0.6) is 0 Å². The molecule has 0 bridgehead atoms. The number of nitrogens with zero attached hydrogens (tertiary/aromatic N) is 1. The molecule has 0 radical (unpaired) electrons. The third-order valence-corrected chi connectivity index (χ3v) is 5.99. The van der Waals surface area contributed by atoms with Gasteiger partial charge in [0.25, 0.3) is 5.91 Å². The summed E-state index contributed by atoms with van der Waals surface area (Å²) >= 11 is 6.61. The molecule has 156 valence electrons. The minimum atomic E-state index is -0.494. The molecule has 2 rings (SSSR count). The second-order valence-corrected chi connectivity index (χ2v) is 7.77. The number of amides is 1. The van der Waals surface area contributed by atoms with E-state index < -0.39 is 5.97 Å². The van der Waals surface area contributed by atoms with Gasteiger partial charge in [0.05, 0.1) is 17.6 Å². The Morgan fingerprint density at radius 1 is 1.17 bits per heavy atom. The highest BCUT2D eigenvalue weighted by atomic mass is 32.1. The molecule has 6 nitrogen and oxygen atoms in total. The molecule has 0 unspecified atom stereocenters. The standard InChI is InChI=1S/C21H27N3O3S2/c1-5-24(6-2)19(25)17-14(3)16(20(26)27-4)18(29-17)23-21(28)22-13-12-15-10-8-7-9-11-15/h7-11H,5-6,12-13H2,1-4H3,(H2,22,23,28). The van der Waals surface area contributed by atoms with Crippen molar-refractivity contribution in [3.63, 3.8) is 0 Å². The number of hydrogen-bond donors (Lipinski definition) is 2. The maximum Gasteiger partial charge on any atom is 0.341 e. The molecule has 2 aromatic rings. The van der Waals surface area contributed by atoms with E-state index in [0.717, 1.165) is 6.42 Å². The molecule has 1 aromatic heterocycles. The molecule has 1 heterocycles. The van der Waals surface area contributed by atoms with Crippen LogP contribution in [0, 0.1) is 6.92 Å². The van der Waals surface area contributed by atoms with Crippen LogP contribution in [0.1, 0.15) is 45.0 Å². The number of benzene rings is 1. The number of hydrogen-bond acceptors (Lipinski definition) is 5. The van der Waals surface area contributed by atoms with E-state index in [1.165, 1.54) is 24.0 Å². The zero-order valence-corrected chi connectivity index (χ0v) is 18.8. The van der Waals surface area contributed by atoms with Crippen LogP contribution in [0.4, 0.5) is 5.00 Å². The number of carbonyl (C=O) groups excluding carboxylic acids is 2. The molecule has 0 spiro atoms. The fourth-order valence-corrected chi connectivity index (χ4v) is 4.36. The molecular formula is C21H27N3O3S2. The van der Waals surface area contributed by atoms with Crippen molar-refractivity contribution in [2.24, 2.45) is 0 Å². The molecule has 0 fully saturated rings. The van der Waals surface area contributed by atoms with Crippen molar-refractivity contribution in [3.05, 3.63) is 51.9 Å². The summed E-state index contributed by atoms with van der Waals surface area (Å²) in [5, 5.41) is 7.13. The Labute approximate surface area is 181 Å². The molecule has 1 amide bonds. The summed E-state index contributed by atoms with van der Waals surface area (Å²) < 4.78 is 4.92. The Kier molecular flexibility index (Phi) is 8.60. The number of anilines is 1. The summed E-state index contributed by atoms with van der Waals surface area (Å²) in [5.74, 6) is -0.592. The van der Waals surface area contributed by atoms with Crippen LogP contribution < -0.4 is 10.6 Å². The van der Waals surface area contributed by atoms with E-state index in [-0.39, 0.29) is 5.91 Å². The lowest BCUT2D eigenvalue weighted by molar-refractivity contribution is 0.0601. The zero-order valence-electron chi connectivity index (χ0n) is 17.2. The van der Waals surface area contributed by atoms with E-state index in [1.807, 2.05) is 32.0 Å². The van der Waals surface area contributed by atoms with Crippen molar-refractivity contribution in [1.29, 1.82) is 0 Å². The third kappa shape index (κ3) is 5.77. The molecule has 8 heteroatoms. The lowest BCUT2D eigenvalue weighted by Gasteiger charge is -2.17. The van der Waals surface area contributed by atoms with Crippen molar-refractivity contribution < 1.29 is 14.3 Å². The molecular weight excluding hydrogens is 406 g/mol. The summed E-state index contributed by atoms with van der Waals surface area (Å²) in [6, 6.07) is 10.1.